The Morgan fingerprint density at radius 2 is 2.18 bits per heavy atom. The quantitative estimate of drug-likeness (QED) is 0.616. The second-order valence-corrected chi connectivity index (χ2v) is 4.77. The van der Waals surface area contributed by atoms with Gasteiger partial charge in [-0.1, -0.05) is 37.3 Å². The number of amidine groups is 1. The van der Waals surface area contributed by atoms with Crippen molar-refractivity contribution >= 4 is 5.84 Å². The van der Waals surface area contributed by atoms with Crippen LogP contribution in [0.25, 0.3) is 0 Å². The van der Waals surface area contributed by atoms with Crippen LogP contribution in [0.3, 0.4) is 0 Å². The molecule has 1 aliphatic rings. The molecule has 0 aliphatic carbocycles. The molecule has 1 fully saturated rings. The van der Waals surface area contributed by atoms with E-state index in [1.54, 1.807) is 0 Å². The normalized spacial score (nSPS) is 22.5. The molecule has 1 saturated heterocycles. The lowest BCUT2D eigenvalue weighted by molar-refractivity contribution is 0.287. The highest BCUT2D eigenvalue weighted by Crippen LogP contribution is 2.28. The van der Waals surface area contributed by atoms with Crippen molar-refractivity contribution in [3.8, 4) is 0 Å². The third-order valence-corrected chi connectivity index (χ3v) is 3.68. The van der Waals surface area contributed by atoms with Gasteiger partial charge in [0.05, 0.1) is 6.04 Å². The van der Waals surface area contributed by atoms with Gasteiger partial charge in [0, 0.05) is 6.54 Å². The first-order valence-electron chi connectivity index (χ1n) is 6.35. The molecule has 0 radical (unpaired) electrons. The molecule has 2 atom stereocenters. The molecule has 92 valence electrons. The third-order valence-electron chi connectivity index (χ3n) is 3.68. The maximum atomic E-state index is 7.62. The van der Waals surface area contributed by atoms with Crippen LogP contribution in [0, 0.1) is 5.41 Å². The molecule has 1 heterocycles. The van der Waals surface area contributed by atoms with Gasteiger partial charge in [0.2, 0.25) is 0 Å². The molecule has 17 heavy (non-hydrogen) atoms. The fourth-order valence-corrected chi connectivity index (χ4v) is 2.74. The number of rotatable bonds is 4. The van der Waals surface area contributed by atoms with E-state index in [9.17, 15) is 0 Å². The van der Waals surface area contributed by atoms with Crippen LogP contribution in [0.5, 0.6) is 0 Å². The van der Waals surface area contributed by atoms with E-state index in [4.69, 9.17) is 11.1 Å². The molecule has 3 N–H and O–H groups in total. The van der Waals surface area contributed by atoms with Gasteiger partial charge < -0.3 is 5.73 Å². The summed E-state index contributed by atoms with van der Waals surface area (Å²) in [5, 5.41) is 7.62. The highest BCUT2D eigenvalue weighted by atomic mass is 15.2. The van der Waals surface area contributed by atoms with Gasteiger partial charge in [-0.15, -0.1) is 0 Å². The fourth-order valence-electron chi connectivity index (χ4n) is 2.74. The van der Waals surface area contributed by atoms with Gasteiger partial charge in [0.25, 0.3) is 0 Å². The highest BCUT2D eigenvalue weighted by Gasteiger charge is 2.29. The van der Waals surface area contributed by atoms with Crippen LogP contribution in [-0.4, -0.2) is 29.9 Å². The third kappa shape index (κ3) is 2.67. The van der Waals surface area contributed by atoms with Crippen LogP contribution in [0.4, 0.5) is 0 Å². The zero-order valence-corrected chi connectivity index (χ0v) is 10.4. The number of benzene rings is 1. The van der Waals surface area contributed by atoms with Gasteiger partial charge in [0.15, 0.2) is 0 Å². The number of nitrogens with one attached hydrogen (secondary N) is 1. The van der Waals surface area contributed by atoms with E-state index in [1.807, 2.05) is 0 Å². The number of likely N-dealkylation sites (tertiary alicyclic amines) is 1. The van der Waals surface area contributed by atoms with Gasteiger partial charge in [-0.2, -0.15) is 0 Å². The Balaban J connectivity index is 2.02. The van der Waals surface area contributed by atoms with Crippen molar-refractivity contribution in [2.24, 2.45) is 5.73 Å². The highest BCUT2D eigenvalue weighted by molar-refractivity contribution is 5.82. The van der Waals surface area contributed by atoms with Crippen LogP contribution in [-0.2, 0) is 0 Å². The summed E-state index contributed by atoms with van der Waals surface area (Å²) in [5.41, 5.74) is 7.06. The van der Waals surface area contributed by atoms with Crippen LogP contribution in [0.15, 0.2) is 30.3 Å². The zero-order valence-electron chi connectivity index (χ0n) is 10.4. The first-order valence-corrected chi connectivity index (χ1v) is 6.35. The summed E-state index contributed by atoms with van der Waals surface area (Å²) < 4.78 is 0. The smallest absolute Gasteiger partial charge is 0.108 e. The van der Waals surface area contributed by atoms with E-state index < -0.39 is 0 Å². The molecule has 0 amide bonds. The van der Waals surface area contributed by atoms with Crippen LogP contribution in [0.2, 0.25) is 0 Å². The zero-order chi connectivity index (χ0) is 12.3. The Bertz CT molecular complexity index is 374. The van der Waals surface area contributed by atoms with Gasteiger partial charge >= 0.3 is 0 Å². The lowest BCUT2D eigenvalue weighted by atomic mass is 9.99. The molecule has 3 heteroatoms. The Labute approximate surface area is 103 Å². The van der Waals surface area contributed by atoms with E-state index >= 15 is 0 Å². The number of hydrogen-bond donors (Lipinski definition) is 2. The average molecular weight is 231 g/mol. The van der Waals surface area contributed by atoms with Crippen molar-refractivity contribution < 1.29 is 0 Å². The summed E-state index contributed by atoms with van der Waals surface area (Å²) in [5.74, 6) is 0.908. The molecule has 0 bridgehead atoms. The largest absolute Gasteiger partial charge is 0.386 e. The standard InChI is InChI=1S/C14H21N3/c1-2-13(14(15)16)17-9-8-12(10-17)11-6-4-3-5-7-11/h3-7,12-13H,2,8-10H2,1H3,(H3,15,16). The first-order chi connectivity index (χ1) is 8.22. The Hall–Kier alpha value is -1.35. The fraction of sp³-hybridized carbons (Fsp3) is 0.500. The number of hydrogen-bond acceptors (Lipinski definition) is 2. The van der Waals surface area contributed by atoms with Crippen molar-refractivity contribution in [2.75, 3.05) is 13.1 Å². The monoisotopic (exact) mass is 231 g/mol. The Morgan fingerprint density at radius 3 is 2.76 bits per heavy atom. The van der Waals surface area contributed by atoms with Gasteiger partial charge in [-0.3, -0.25) is 10.3 Å². The molecule has 0 saturated carbocycles. The summed E-state index contributed by atoms with van der Waals surface area (Å²) in [4.78, 5) is 2.35. The summed E-state index contributed by atoms with van der Waals surface area (Å²) in [6, 6.07) is 10.8. The van der Waals surface area contributed by atoms with Crippen molar-refractivity contribution in [3.05, 3.63) is 35.9 Å². The second-order valence-electron chi connectivity index (χ2n) is 4.77. The molecule has 1 aromatic carbocycles. The summed E-state index contributed by atoms with van der Waals surface area (Å²) in [6.07, 6.45) is 2.10. The molecule has 2 rings (SSSR count). The van der Waals surface area contributed by atoms with E-state index in [0.29, 0.717) is 11.8 Å². The maximum Gasteiger partial charge on any atom is 0.108 e. The van der Waals surface area contributed by atoms with Crippen molar-refractivity contribution in [1.29, 1.82) is 5.41 Å². The molecular formula is C14H21N3. The molecule has 1 aromatic rings. The van der Waals surface area contributed by atoms with Crippen LogP contribution >= 0.6 is 0 Å². The lowest BCUT2D eigenvalue weighted by Crippen LogP contribution is -2.42. The molecule has 0 spiro atoms. The van der Waals surface area contributed by atoms with Crippen LogP contribution in [0.1, 0.15) is 31.2 Å². The predicted molar refractivity (Wildman–Crippen MR) is 71.4 cm³/mol. The van der Waals surface area contributed by atoms with Gasteiger partial charge in [0.1, 0.15) is 5.84 Å². The minimum atomic E-state index is 0.128. The Morgan fingerprint density at radius 1 is 1.47 bits per heavy atom. The molecule has 2 unspecified atom stereocenters. The second kappa shape index (κ2) is 5.32. The number of nitrogens with zero attached hydrogens (tertiary/aromatic N) is 1. The Kier molecular flexibility index (Phi) is 3.79. The summed E-state index contributed by atoms with van der Waals surface area (Å²) in [7, 11) is 0. The van der Waals surface area contributed by atoms with Crippen molar-refractivity contribution in [3.63, 3.8) is 0 Å². The van der Waals surface area contributed by atoms with Crippen molar-refractivity contribution in [2.45, 2.75) is 31.7 Å². The molecule has 1 aliphatic heterocycles. The number of nitrogens with two attached hydrogens (primary N) is 1. The average Bonchev–Trinajstić information content (AvgIpc) is 2.80. The van der Waals surface area contributed by atoms with E-state index in [1.165, 1.54) is 12.0 Å². The molecule has 3 nitrogen and oxygen atoms in total. The summed E-state index contributed by atoms with van der Waals surface area (Å²) >= 11 is 0. The van der Waals surface area contributed by atoms with Crippen LogP contribution < -0.4 is 5.73 Å². The van der Waals surface area contributed by atoms with Gasteiger partial charge in [-0.05, 0) is 30.9 Å². The van der Waals surface area contributed by atoms with E-state index in [2.05, 4.69) is 42.2 Å². The summed E-state index contributed by atoms with van der Waals surface area (Å²) in [6.45, 7) is 4.18. The minimum Gasteiger partial charge on any atom is -0.386 e. The van der Waals surface area contributed by atoms with E-state index in [0.717, 1.165) is 19.5 Å². The first kappa shape index (κ1) is 12.1. The van der Waals surface area contributed by atoms with Crippen molar-refractivity contribution in [1.82, 2.24) is 4.90 Å². The molecular weight excluding hydrogens is 210 g/mol. The van der Waals surface area contributed by atoms with E-state index in [-0.39, 0.29) is 6.04 Å². The van der Waals surface area contributed by atoms with Gasteiger partial charge in [-0.25, -0.2) is 0 Å². The lowest BCUT2D eigenvalue weighted by Gasteiger charge is -2.25. The maximum absolute atomic E-state index is 7.62. The topological polar surface area (TPSA) is 53.1 Å². The predicted octanol–water partition coefficient (Wildman–Crippen LogP) is 2.19. The minimum absolute atomic E-state index is 0.128. The SMILES string of the molecule is CCC(C(=N)N)N1CCC(c2ccccc2)C1. The molecule has 0 aromatic heterocycles.